The maximum atomic E-state index is 10.9. The van der Waals surface area contributed by atoms with Crippen LogP contribution in [0.5, 0.6) is 0 Å². The van der Waals surface area contributed by atoms with E-state index in [4.69, 9.17) is 10.5 Å². The van der Waals surface area contributed by atoms with Gasteiger partial charge in [-0.15, -0.1) is 0 Å². The van der Waals surface area contributed by atoms with Gasteiger partial charge in [0, 0.05) is 26.6 Å². The minimum Gasteiger partial charge on any atom is -0.375 e. The van der Waals surface area contributed by atoms with Crippen LogP contribution in [0.2, 0.25) is 0 Å². The minimum absolute atomic E-state index is 0.133. The van der Waals surface area contributed by atoms with E-state index in [1.807, 2.05) is 0 Å². The van der Waals surface area contributed by atoms with Crippen LogP contribution in [-0.2, 0) is 9.53 Å². The molecule has 1 unspecified atom stereocenters. The second kappa shape index (κ2) is 4.42. The predicted octanol–water partition coefficient (Wildman–Crippen LogP) is -0.417. The van der Waals surface area contributed by atoms with Crippen LogP contribution in [0.4, 0.5) is 0 Å². The molecule has 0 aromatic carbocycles. The standard InChI is InChI=1S/C8H16N2O2/c1-7(11)10-4-2-8(6-10)12-5-3-9/h8H,2-6,9H2,1H3. The van der Waals surface area contributed by atoms with Crippen LogP contribution < -0.4 is 5.73 Å². The molecule has 0 aromatic heterocycles. The highest BCUT2D eigenvalue weighted by atomic mass is 16.5. The Kier molecular flexibility index (Phi) is 3.49. The van der Waals surface area contributed by atoms with E-state index in [2.05, 4.69) is 0 Å². The number of rotatable bonds is 3. The van der Waals surface area contributed by atoms with Crippen molar-refractivity contribution in [3.63, 3.8) is 0 Å². The van der Waals surface area contributed by atoms with Crippen molar-refractivity contribution >= 4 is 5.91 Å². The molecule has 0 spiro atoms. The number of amides is 1. The first-order valence-electron chi connectivity index (χ1n) is 4.31. The fourth-order valence-corrected chi connectivity index (χ4v) is 1.38. The van der Waals surface area contributed by atoms with Gasteiger partial charge < -0.3 is 15.4 Å². The summed E-state index contributed by atoms with van der Waals surface area (Å²) >= 11 is 0. The van der Waals surface area contributed by atoms with Crippen molar-refractivity contribution in [3.05, 3.63) is 0 Å². The van der Waals surface area contributed by atoms with Crippen LogP contribution in [0.25, 0.3) is 0 Å². The van der Waals surface area contributed by atoms with Crippen molar-refractivity contribution in [2.45, 2.75) is 19.4 Å². The van der Waals surface area contributed by atoms with Gasteiger partial charge in [-0.1, -0.05) is 0 Å². The summed E-state index contributed by atoms with van der Waals surface area (Å²) in [6.07, 6.45) is 1.15. The quantitative estimate of drug-likeness (QED) is 0.629. The van der Waals surface area contributed by atoms with E-state index in [0.29, 0.717) is 13.2 Å². The second-order valence-corrected chi connectivity index (χ2v) is 3.04. The van der Waals surface area contributed by atoms with Gasteiger partial charge in [0.15, 0.2) is 0 Å². The molecular formula is C8H16N2O2. The van der Waals surface area contributed by atoms with Gasteiger partial charge in [0.2, 0.25) is 5.91 Å². The first-order chi connectivity index (χ1) is 5.74. The third-order valence-corrected chi connectivity index (χ3v) is 2.06. The lowest BCUT2D eigenvalue weighted by Gasteiger charge is -2.13. The Balaban J connectivity index is 2.21. The van der Waals surface area contributed by atoms with Crippen LogP contribution in [0.3, 0.4) is 0 Å². The lowest BCUT2D eigenvalue weighted by Crippen LogP contribution is -2.28. The molecule has 0 aromatic rings. The normalized spacial score (nSPS) is 23.2. The van der Waals surface area contributed by atoms with Crippen molar-refractivity contribution in [1.29, 1.82) is 0 Å². The summed E-state index contributed by atoms with van der Waals surface area (Å²) < 4.78 is 5.41. The van der Waals surface area contributed by atoms with Crippen LogP contribution in [0.1, 0.15) is 13.3 Å². The molecule has 12 heavy (non-hydrogen) atoms. The number of carbonyl (C=O) groups is 1. The van der Waals surface area contributed by atoms with Gasteiger partial charge in [-0.05, 0) is 6.42 Å². The van der Waals surface area contributed by atoms with Crippen molar-refractivity contribution in [2.75, 3.05) is 26.2 Å². The zero-order valence-electron chi connectivity index (χ0n) is 7.45. The number of likely N-dealkylation sites (tertiary alicyclic amines) is 1. The zero-order valence-corrected chi connectivity index (χ0v) is 7.45. The monoisotopic (exact) mass is 172 g/mol. The molecule has 1 rings (SSSR count). The molecule has 4 heteroatoms. The van der Waals surface area contributed by atoms with Crippen molar-refractivity contribution < 1.29 is 9.53 Å². The van der Waals surface area contributed by atoms with Gasteiger partial charge in [0.25, 0.3) is 0 Å². The van der Waals surface area contributed by atoms with Crippen molar-refractivity contribution in [1.82, 2.24) is 4.90 Å². The molecule has 1 amide bonds. The Morgan fingerprint density at radius 1 is 1.75 bits per heavy atom. The molecule has 0 saturated carbocycles. The fourth-order valence-electron chi connectivity index (χ4n) is 1.38. The van der Waals surface area contributed by atoms with Crippen LogP contribution in [0, 0.1) is 0 Å². The molecule has 2 N–H and O–H groups in total. The molecule has 0 aliphatic carbocycles. The van der Waals surface area contributed by atoms with Crippen molar-refractivity contribution in [2.24, 2.45) is 5.73 Å². The van der Waals surface area contributed by atoms with E-state index in [1.165, 1.54) is 0 Å². The minimum atomic E-state index is 0.133. The molecule has 70 valence electrons. The molecule has 0 radical (unpaired) electrons. The third-order valence-electron chi connectivity index (χ3n) is 2.06. The third kappa shape index (κ3) is 2.46. The maximum absolute atomic E-state index is 10.9. The first-order valence-corrected chi connectivity index (χ1v) is 4.31. The molecule has 1 aliphatic rings. The lowest BCUT2D eigenvalue weighted by molar-refractivity contribution is -0.128. The highest BCUT2D eigenvalue weighted by molar-refractivity contribution is 5.73. The fraction of sp³-hybridized carbons (Fsp3) is 0.875. The Morgan fingerprint density at radius 3 is 3.00 bits per heavy atom. The van der Waals surface area contributed by atoms with E-state index < -0.39 is 0 Å². The van der Waals surface area contributed by atoms with E-state index in [-0.39, 0.29) is 12.0 Å². The van der Waals surface area contributed by atoms with Gasteiger partial charge in [0.1, 0.15) is 0 Å². The summed E-state index contributed by atoms with van der Waals surface area (Å²) in [4.78, 5) is 12.7. The van der Waals surface area contributed by atoms with Gasteiger partial charge in [-0.3, -0.25) is 4.79 Å². The number of nitrogens with zero attached hydrogens (tertiary/aromatic N) is 1. The molecule has 1 atom stereocenters. The molecule has 4 nitrogen and oxygen atoms in total. The van der Waals surface area contributed by atoms with E-state index >= 15 is 0 Å². The summed E-state index contributed by atoms with van der Waals surface area (Å²) in [6, 6.07) is 0. The highest BCUT2D eigenvalue weighted by Gasteiger charge is 2.23. The van der Waals surface area contributed by atoms with Gasteiger partial charge in [-0.25, -0.2) is 0 Å². The number of hydrogen-bond donors (Lipinski definition) is 1. The molecule has 1 aliphatic heterocycles. The Morgan fingerprint density at radius 2 is 2.50 bits per heavy atom. The number of hydrogen-bond acceptors (Lipinski definition) is 3. The smallest absolute Gasteiger partial charge is 0.219 e. The first kappa shape index (κ1) is 9.48. The molecule has 1 fully saturated rings. The molecule has 0 bridgehead atoms. The molecule has 1 heterocycles. The SMILES string of the molecule is CC(=O)N1CCC(OCCN)C1. The van der Waals surface area contributed by atoms with Gasteiger partial charge in [0.05, 0.1) is 12.7 Å². The van der Waals surface area contributed by atoms with Gasteiger partial charge >= 0.3 is 0 Å². The van der Waals surface area contributed by atoms with E-state index in [1.54, 1.807) is 11.8 Å². The van der Waals surface area contributed by atoms with Crippen LogP contribution in [0.15, 0.2) is 0 Å². The Labute approximate surface area is 72.7 Å². The van der Waals surface area contributed by atoms with Crippen molar-refractivity contribution in [3.8, 4) is 0 Å². The summed E-state index contributed by atoms with van der Waals surface area (Å²) in [5.41, 5.74) is 5.30. The number of carbonyl (C=O) groups excluding carboxylic acids is 1. The second-order valence-electron chi connectivity index (χ2n) is 3.04. The number of ether oxygens (including phenoxy) is 1. The summed E-state index contributed by atoms with van der Waals surface area (Å²) in [5, 5.41) is 0. The average Bonchev–Trinajstić information content (AvgIpc) is 2.48. The number of nitrogens with two attached hydrogens (primary N) is 1. The van der Waals surface area contributed by atoms with E-state index in [0.717, 1.165) is 19.5 Å². The predicted molar refractivity (Wildman–Crippen MR) is 45.7 cm³/mol. The Hall–Kier alpha value is -0.610. The maximum Gasteiger partial charge on any atom is 0.219 e. The average molecular weight is 172 g/mol. The Bertz CT molecular complexity index is 161. The largest absolute Gasteiger partial charge is 0.375 e. The highest BCUT2D eigenvalue weighted by Crippen LogP contribution is 2.11. The van der Waals surface area contributed by atoms with Crippen LogP contribution >= 0.6 is 0 Å². The lowest BCUT2D eigenvalue weighted by atomic mass is 10.3. The summed E-state index contributed by atoms with van der Waals surface area (Å²) in [5.74, 6) is 0.133. The molecular weight excluding hydrogens is 156 g/mol. The topological polar surface area (TPSA) is 55.6 Å². The summed E-state index contributed by atoms with van der Waals surface area (Å²) in [6.45, 7) is 4.29. The molecule has 1 saturated heterocycles. The van der Waals surface area contributed by atoms with Gasteiger partial charge in [-0.2, -0.15) is 0 Å². The van der Waals surface area contributed by atoms with E-state index in [9.17, 15) is 4.79 Å². The van der Waals surface area contributed by atoms with Crippen LogP contribution in [-0.4, -0.2) is 43.2 Å². The zero-order chi connectivity index (χ0) is 8.97. The summed E-state index contributed by atoms with van der Waals surface area (Å²) in [7, 11) is 0.